The van der Waals surface area contributed by atoms with Crippen molar-refractivity contribution in [2.75, 3.05) is 14.1 Å². The molecule has 1 heterocycles. The van der Waals surface area contributed by atoms with Crippen molar-refractivity contribution >= 4 is 27.9 Å². The number of hydrogen-bond donors (Lipinski definition) is 1. The molecule has 1 saturated heterocycles. The molecule has 1 fully saturated rings. The van der Waals surface area contributed by atoms with E-state index in [9.17, 15) is 14.7 Å². The number of amides is 3. The SMILES string of the molecule is CN1C(=O)C(CCc2ccc(Br)cc2)C(O)N(C)C1=O. The molecule has 0 spiro atoms. The number of carbonyl (C=O) groups is 2. The van der Waals surface area contributed by atoms with E-state index in [1.54, 1.807) is 0 Å². The largest absolute Gasteiger partial charge is 0.373 e. The Kier molecular flexibility index (Phi) is 4.45. The monoisotopic (exact) mass is 340 g/mol. The fraction of sp³-hybridized carbons (Fsp3) is 0.429. The Morgan fingerprint density at radius 3 is 2.40 bits per heavy atom. The topological polar surface area (TPSA) is 60.9 Å². The van der Waals surface area contributed by atoms with E-state index >= 15 is 0 Å². The quantitative estimate of drug-likeness (QED) is 0.913. The first-order valence-electron chi connectivity index (χ1n) is 6.38. The van der Waals surface area contributed by atoms with Crippen molar-refractivity contribution in [3.8, 4) is 0 Å². The van der Waals surface area contributed by atoms with Crippen LogP contribution < -0.4 is 0 Å². The summed E-state index contributed by atoms with van der Waals surface area (Å²) in [6, 6.07) is 7.36. The number of aliphatic hydroxyl groups is 1. The Balaban J connectivity index is 2.06. The van der Waals surface area contributed by atoms with E-state index < -0.39 is 18.2 Å². The van der Waals surface area contributed by atoms with Gasteiger partial charge in [-0.1, -0.05) is 28.1 Å². The lowest BCUT2D eigenvalue weighted by Gasteiger charge is -2.38. The fourth-order valence-corrected chi connectivity index (χ4v) is 2.60. The van der Waals surface area contributed by atoms with E-state index in [1.807, 2.05) is 24.3 Å². The van der Waals surface area contributed by atoms with Gasteiger partial charge in [0.25, 0.3) is 0 Å². The number of carbonyl (C=O) groups excluding carboxylic acids is 2. The predicted octanol–water partition coefficient (Wildman–Crippen LogP) is 1.84. The summed E-state index contributed by atoms with van der Waals surface area (Å²) in [6.07, 6.45) is 0.127. The van der Waals surface area contributed by atoms with Gasteiger partial charge in [-0.05, 0) is 30.5 Å². The minimum absolute atomic E-state index is 0.322. The number of nitrogens with zero attached hydrogens (tertiary/aromatic N) is 2. The Labute approximate surface area is 126 Å². The molecule has 1 aromatic rings. The van der Waals surface area contributed by atoms with Crippen LogP contribution in [0.4, 0.5) is 4.79 Å². The lowest BCUT2D eigenvalue weighted by molar-refractivity contribution is -0.146. The van der Waals surface area contributed by atoms with Crippen LogP contribution in [0.5, 0.6) is 0 Å². The van der Waals surface area contributed by atoms with Gasteiger partial charge >= 0.3 is 6.03 Å². The molecule has 6 heteroatoms. The molecule has 0 radical (unpaired) electrons. The molecule has 2 rings (SSSR count). The summed E-state index contributed by atoms with van der Waals surface area (Å²) in [6.45, 7) is 0. The highest BCUT2D eigenvalue weighted by Gasteiger charge is 2.41. The number of halogens is 1. The van der Waals surface area contributed by atoms with E-state index in [-0.39, 0.29) is 5.91 Å². The van der Waals surface area contributed by atoms with Gasteiger partial charge in [-0.15, -0.1) is 0 Å². The van der Waals surface area contributed by atoms with Crippen molar-refractivity contribution in [2.45, 2.75) is 19.1 Å². The maximum atomic E-state index is 12.1. The van der Waals surface area contributed by atoms with Gasteiger partial charge in [0, 0.05) is 18.6 Å². The normalized spacial score (nSPS) is 23.4. The summed E-state index contributed by atoms with van der Waals surface area (Å²) in [5, 5.41) is 10.1. The highest BCUT2D eigenvalue weighted by atomic mass is 79.9. The summed E-state index contributed by atoms with van der Waals surface area (Å²) in [4.78, 5) is 26.0. The standard InChI is InChI=1S/C14H17BrN2O3/c1-16-12(18)11(13(19)17(2)14(16)20)8-5-9-3-6-10(15)7-4-9/h3-4,6-7,11-12,18H,5,8H2,1-2H3. The highest BCUT2D eigenvalue weighted by molar-refractivity contribution is 9.10. The van der Waals surface area contributed by atoms with Crippen molar-refractivity contribution in [3.63, 3.8) is 0 Å². The maximum absolute atomic E-state index is 12.1. The minimum atomic E-state index is -1.05. The third-order valence-corrected chi connectivity index (χ3v) is 4.18. The molecule has 0 aromatic heterocycles. The molecule has 2 unspecified atom stereocenters. The smallest absolute Gasteiger partial charge is 0.328 e. The van der Waals surface area contributed by atoms with Crippen molar-refractivity contribution in [2.24, 2.45) is 5.92 Å². The lowest BCUT2D eigenvalue weighted by Crippen LogP contribution is -2.59. The van der Waals surface area contributed by atoms with Crippen molar-refractivity contribution in [1.82, 2.24) is 9.80 Å². The van der Waals surface area contributed by atoms with Crippen LogP contribution in [-0.2, 0) is 11.2 Å². The second-order valence-corrected chi connectivity index (χ2v) is 5.89. The molecular weight excluding hydrogens is 324 g/mol. The third kappa shape index (κ3) is 2.86. The number of aryl methyl sites for hydroxylation is 1. The molecule has 20 heavy (non-hydrogen) atoms. The maximum Gasteiger partial charge on any atom is 0.328 e. The molecule has 5 nitrogen and oxygen atoms in total. The van der Waals surface area contributed by atoms with Gasteiger partial charge in [0.05, 0.1) is 5.92 Å². The predicted molar refractivity (Wildman–Crippen MR) is 77.9 cm³/mol. The summed E-state index contributed by atoms with van der Waals surface area (Å²) < 4.78 is 1.00. The van der Waals surface area contributed by atoms with E-state index in [0.717, 1.165) is 14.9 Å². The van der Waals surface area contributed by atoms with Gasteiger partial charge in [0.2, 0.25) is 5.91 Å². The number of hydrogen-bond acceptors (Lipinski definition) is 3. The molecule has 0 saturated carbocycles. The number of rotatable bonds is 3. The summed E-state index contributed by atoms with van der Waals surface area (Å²) in [5.74, 6) is -0.899. The molecule has 1 aliphatic rings. The van der Waals surface area contributed by atoms with Crippen LogP contribution >= 0.6 is 15.9 Å². The molecule has 0 aliphatic carbocycles. The second kappa shape index (κ2) is 5.93. The van der Waals surface area contributed by atoms with Crippen LogP contribution in [0.1, 0.15) is 12.0 Å². The van der Waals surface area contributed by atoms with Gasteiger partial charge < -0.3 is 10.0 Å². The molecule has 1 aliphatic heterocycles. The Hall–Kier alpha value is -1.40. The fourth-order valence-electron chi connectivity index (χ4n) is 2.34. The lowest BCUT2D eigenvalue weighted by atomic mass is 9.94. The van der Waals surface area contributed by atoms with Crippen LogP contribution in [0.15, 0.2) is 28.7 Å². The van der Waals surface area contributed by atoms with Gasteiger partial charge in [-0.3, -0.25) is 9.69 Å². The average molecular weight is 341 g/mol. The van der Waals surface area contributed by atoms with Crippen LogP contribution in [-0.4, -0.2) is 47.2 Å². The Bertz CT molecular complexity index is 518. The zero-order valence-electron chi connectivity index (χ0n) is 11.4. The average Bonchev–Trinajstić information content (AvgIpc) is 2.45. The summed E-state index contributed by atoms with van der Waals surface area (Å²) in [5.41, 5.74) is 1.09. The third-order valence-electron chi connectivity index (χ3n) is 3.65. The van der Waals surface area contributed by atoms with Gasteiger partial charge in [-0.2, -0.15) is 0 Å². The van der Waals surface area contributed by atoms with E-state index in [1.165, 1.54) is 19.0 Å². The number of urea groups is 1. The molecule has 0 bridgehead atoms. The van der Waals surface area contributed by atoms with Crippen LogP contribution in [0, 0.1) is 5.92 Å². The number of imide groups is 1. The zero-order valence-corrected chi connectivity index (χ0v) is 13.0. The van der Waals surface area contributed by atoms with E-state index in [0.29, 0.717) is 12.8 Å². The highest BCUT2D eigenvalue weighted by Crippen LogP contribution is 2.24. The summed E-state index contributed by atoms with van der Waals surface area (Å²) in [7, 11) is 2.95. The van der Waals surface area contributed by atoms with Crippen molar-refractivity contribution in [1.29, 1.82) is 0 Å². The second-order valence-electron chi connectivity index (χ2n) is 4.98. The molecule has 2 atom stereocenters. The minimum Gasteiger partial charge on any atom is -0.373 e. The van der Waals surface area contributed by atoms with Gasteiger partial charge in [0.1, 0.15) is 6.23 Å². The zero-order chi connectivity index (χ0) is 14.9. The van der Waals surface area contributed by atoms with E-state index in [4.69, 9.17) is 0 Å². The molecule has 1 aromatic carbocycles. The Morgan fingerprint density at radius 1 is 1.20 bits per heavy atom. The molecule has 3 amide bonds. The van der Waals surface area contributed by atoms with Gasteiger partial charge in [0.15, 0.2) is 0 Å². The van der Waals surface area contributed by atoms with Crippen molar-refractivity contribution in [3.05, 3.63) is 34.3 Å². The first-order valence-corrected chi connectivity index (χ1v) is 7.18. The molecular formula is C14H17BrN2O3. The van der Waals surface area contributed by atoms with Crippen LogP contribution in [0.3, 0.4) is 0 Å². The first kappa shape index (κ1) is 15.0. The van der Waals surface area contributed by atoms with Gasteiger partial charge in [-0.25, -0.2) is 4.79 Å². The number of aliphatic hydroxyl groups excluding tert-OH is 1. The molecule has 108 valence electrons. The number of benzene rings is 1. The first-order chi connectivity index (χ1) is 9.41. The Morgan fingerprint density at radius 2 is 1.80 bits per heavy atom. The van der Waals surface area contributed by atoms with Crippen LogP contribution in [0.2, 0.25) is 0 Å². The van der Waals surface area contributed by atoms with E-state index in [2.05, 4.69) is 15.9 Å². The summed E-state index contributed by atoms with van der Waals surface area (Å²) >= 11 is 3.37. The van der Waals surface area contributed by atoms with Crippen LogP contribution in [0.25, 0.3) is 0 Å². The molecule has 1 N–H and O–H groups in total. The van der Waals surface area contributed by atoms with Crippen molar-refractivity contribution < 1.29 is 14.7 Å².